The summed E-state index contributed by atoms with van der Waals surface area (Å²) in [5.74, 6) is 0. The lowest BCUT2D eigenvalue weighted by molar-refractivity contribution is 0.0172. The van der Waals surface area contributed by atoms with Crippen molar-refractivity contribution >= 4 is 12.4 Å². The Morgan fingerprint density at radius 1 is 1.25 bits per heavy atom. The van der Waals surface area contributed by atoms with Crippen molar-refractivity contribution in [1.29, 1.82) is 0 Å². The van der Waals surface area contributed by atoms with E-state index in [0.717, 1.165) is 11.8 Å². The summed E-state index contributed by atoms with van der Waals surface area (Å²) in [6, 6.07) is 7.23. The molecule has 110 valence electrons. The number of aldehydes is 1. The third kappa shape index (κ3) is 5.03. The van der Waals surface area contributed by atoms with Gasteiger partial charge in [-0.3, -0.25) is 4.79 Å². The first-order valence-electron chi connectivity index (χ1n) is 6.76. The highest BCUT2D eigenvalue weighted by Crippen LogP contribution is 2.15. The number of ether oxygens (including phenoxy) is 1. The molecule has 4 heteroatoms. The lowest BCUT2D eigenvalue weighted by atomic mass is 10.1. The van der Waals surface area contributed by atoms with Crippen LogP contribution in [-0.2, 0) is 11.3 Å². The molecule has 1 aromatic carbocycles. The van der Waals surface area contributed by atoms with E-state index in [1.807, 2.05) is 46.8 Å². The molecule has 0 spiro atoms. The van der Waals surface area contributed by atoms with Crippen molar-refractivity contribution in [2.24, 2.45) is 0 Å². The van der Waals surface area contributed by atoms with Crippen LogP contribution in [0.5, 0.6) is 0 Å². The summed E-state index contributed by atoms with van der Waals surface area (Å²) >= 11 is 0. The number of carbonyl (C=O) groups is 2. The van der Waals surface area contributed by atoms with Crippen molar-refractivity contribution in [3.63, 3.8) is 0 Å². The molecule has 0 N–H and O–H groups in total. The van der Waals surface area contributed by atoms with Crippen LogP contribution in [0.1, 0.15) is 50.5 Å². The van der Waals surface area contributed by atoms with Gasteiger partial charge in [-0.25, -0.2) is 4.79 Å². The highest BCUT2D eigenvalue weighted by atomic mass is 16.6. The van der Waals surface area contributed by atoms with Gasteiger partial charge < -0.3 is 9.64 Å². The number of amides is 1. The van der Waals surface area contributed by atoms with Crippen molar-refractivity contribution in [3.05, 3.63) is 35.4 Å². The third-order valence-electron chi connectivity index (χ3n) is 2.72. The average Bonchev–Trinajstić information content (AvgIpc) is 2.34. The molecule has 0 radical (unpaired) electrons. The Bertz CT molecular complexity index is 458. The fourth-order valence-corrected chi connectivity index (χ4v) is 1.68. The van der Waals surface area contributed by atoms with E-state index in [4.69, 9.17) is 4.74 Å². The minimum Gasteiger partial charge on any atom is -0.444 e. The average molecular weight is 277 g/mol. The maximum atomic E-state index is 12.2. The molecular weight excluding hydrogens is 254 g/mol. The second kappa shape index (κ2) is 6.55. The summed E-state index contributed by atoms with van der Waals surface area (Å²) in [5, 5.41) is 0. The van der Waals surface area contributed by atoms with Gasteiger partial charge in [0.2, 0.25) is 0 Å². The number of hydrogen-bond acceptors (Lipinski definition) is 3. The van der Waals surface area contributed by atoms with E-state index < -0.39 is 5.60 Å². The normalized spacial score (nSPS) is 11.3. The Balaban J connectivity index is 2.81. The molecule has 0 heterocycles. The first-order valence-corrected chi connectivity index (χ1v) is 6.76. The summed E-state index contributed by atoms with van der Waals surface area (Å²) < 4.78 is 5.41. The molecule has 4 nitrogen and oxygen atoms in total. The third-order valence-corrected chi connectivity index (χ3v) is 2.72. The summed E-state index contributed by atoms with van der Waals surface area (Å²) in [5.41, 5.74) is 1.09. The van der Waals surface area contributed by atoms with Crippen LogP contribution >= 0.6 is 0 Å². The van der Waals surface area contributed by atoms with E-state index in [2.05, 4.69) is 0 Å². The van der Waals surface area contributed by atoms with Crippen LogP contribution in [0.2, 0.25) is 0 Å². The minimum absolute atomic E-state index is 0.0376. The van der Waals surface area contributed by atoms with Gasteiger partial charge in [-0.15, -0.1) is 0 Å². The van der Waals surface area contributed by atoms with E-state index in [-0.39, 0.29) is 12.1 Å². The molecule has 0 aliphatic carbocycles. The van der Waals surface area contributed by atoms with E-state index in [9.17, 15) is 9.59 Å². The zero-order valence-corrected chi connectivity index (χ0v) is 12.8. The van der Waals surface area contributed by atoms with E-state index in [1.54, 1.807) is 17.0 Å². The number of rotatable bonds is 4. The van der Waals surface area contributed by atoms with Crippen LogP contribution in [0, 0.1) is 0 Å². The number of benzene rings is 1. The standard InChI is InChI=1S/C16H23NO3/c1-12(2)17(15(19)20-16(3,4)5)10-13-6-8-14(11-18)9-7-13/h6-9,11-12H,10H2,1-5H3. The first kappa shape index (κ1) is 16.2. The molecule has 0 unspecified atom stereocenters. The van der Waals surface area contributed by atoms with Crippen LogP contribution < -0.4 is 0 Å². The number of hydrogen-bond donors (Lipinski definition) is 0. The Labute approximate surface area is 120 Å². The number of nitrogens with zero attached hydrogens (tertiary/aromatic N) is 1. The van der Waals surface area contributed by atoms with Gasteiger partial charge in [-0.1, -0.05) is 24.3 Å². The molecule has 0 saturated carbocycles. The smallest absolute Gasteiger partial charge is 0.410 e. The van der Waals surface area contributed by atoms with Crippen LogP contribution in [0.3, 0.4) is 0 Å². The summed E-state index contributed by atoms with van der Waals surface area (Å²) in [7, 11) is 0. The second-order valence-electron chi connectivity index (χ2n) is 6.06. The van der Waals surface area contributed by atoms with Crippen molar-refractivity contribution < 1.29 is 14.3 Å². The highest BCUT2D eigenvalue weighted by molar-refractivity contribution is 5.74. The van der Waals surface area contributed by atoms with Crippen LogP contribution in [-0.4, -0.2) is 28.9 Å². The maximum absolute atomic E-state index is 12.2. The Hall–Kier alpha value is -1.84. The van der Waals surface area contributed by atoms with Crippen molar-refractivity contribution in [2.45, 2.75) is 52.8 Å². The van der Waals surface area contributed by atoms with Gasteiger partial charge in [0, 0.05) is 18.2 Å². The molecule has 0 atom stereocenters. The first-order chi connectivity index (χ1) is 9.23. The summed E-state index contributed by atoms with van der Waals surface area (Å²) in [4.78, 5) is 24.5. The molecule has 0 bridgehead atoms. The van der Waals surface area contributed by atoms with E-state index in [0.29, 0.717) is 12.1 Å². The molecule has 1 aromatic rings. The summed E-state index contributed by atoms with van der Waals surface area (Å²) in [6.45, 7) is 9.91. The van der Waals surface area contributed by atoms with E-state index >= 15 is 0 Å². The molecular formula is C16H23NO3. The van der Waals surface area contributed by atoms with Crippen LogP contribution in [0.15, 0.2) is 24.3 Å². The minimum atomic E-state index is -0.508. The SMILES string of the molecule is CC(C)N(Cc1ccc(C=O)cc1)C(=O)OC(C)(C)C. The maximum Gasteiger partial charge on any atom is 0.410 e. The van der Waals surface area contributed by atoms with Gasteiger partial charge in [0.25, 0.3) is 0 Å². The molecule has 0 saturated heterocycles. The van der Waals surface area contributed by atoms with Gasteiger partial charge in [-0.2, -0.15) is 0 Å². The van der Waals surface area contributed by atoms with Crippen LogP contribution in [0.4, 0.5) is 4.79 Å². The molecule has 0 aliphatic heterocycles. The Morgan fingerprint density at radius 2 is 1.80 bits per heavy atom. The Kier molecular flexibility index (Phi) is 5.31. The molecule has 0 fully saturated rings. The van der Waals surface area contributed by atoms with Gasteiger partial charge in [-0.05, 0) is 40.2 Å². The topological polar surface area (TPSA) is 46.6 Å². The highest BCUT2D eigenvalue weighted by Gasteiger charge is 2.24. The monoisotopic (exact) mass is 277 g/mol. The molecule has 20 heavy (non-hydrogen) atoms. The van der Waals surface area contributed by atoms with Gasteiger partial charge >= 0.3 is 6.09 Å². The second-order valence-corrected chi connectivity index (χ2v) is 6.06. The van der Waals surface area contributed by atoms with Gasteiger partial charge in [0.15, 0.2) is 0 Å². The zero-order chi connectivity index (χ0) is 15.3. The zero-order valence-electron chi connectivity index (χ0n) is 12.8. The summed E-state index contributed by atoms with van der Waals surface area (Å²) in [6.07, 6.45) is 0.477. The predicted octanol–water partition coefficient (Wildman–Crippen LogP) is 3.64. The fourth-order valence-electron chi connectivity index (χ4n) is 1.68. The molecule has 1 amide bonds. The van der Waals surface area contributed by atoms with Crippen molar-refractivity contribution in [1.82, 2.24) is 4.90 Å². The predicted molar refractivity (Wildman–Crippen MR) is 78.7 cm³/mol. The molecule has 1 rings (SSSR count). The lowest BCUT2D eigenvalue weighted by Gasteiger charge is -2.30. The Morgan fingerprint density at radius 3 is 2.20 bits per heavy atom. The van der Waals surface area contributed by atoms with Gasteiger partial charge in [0.1, 0.15) is 11.9 Å². The molecule has 0 aliphatic rings. The van der Waals surface area contributed by atoms with Crippen molar-refractivity contribution in [3.8, 4) is 0 Å². The van der Waals surface area contributed by atoms with E-state index in [1.165, 1.54) is 0 Å². The van der Waals surface area contributed by atoms with Crippen LogP contribution in [0.25, 0.3) is 0 Å². The largest absolute Gasteiger partial charge is 0.444 e. The molecule has 0 aromatic heterocycles. The van der Waals surface area contributed by atoms with Crippen molar-refractivity contribution in [2.75, 3.05) is 0 Å². The fraction of sp³-hybridized carbons (Fsp3) is 0.500. The number of carbonyl (C=O) groups excluding carboxylic acids is 2. The lowest BCUT2D eigenvalue weighted by Crippen LogP contribution is -2.40. The quantitative estimate of drug-likeness (QED) is 0.789. The van der Waals surface area contributed by atoms with Gasteiger partial charge in [0.05, 0.1) is 0 Å².